The molecule has 0 aromatic heterocycles. The molecule has 0 aliphatic carbocycles. The Morgan fingerprint density at radius 2 is 0.836 bits per heavy atom. The van der Waals surface area contributed by atoms with Crippen LogP contribution in [0.15, 0.2) is 97.1 Å². The topological polar surface area (TPSA) is 136 Å². The zero-order valence-electron chi connectivity index (χ0n) is 37.8. The molecule has 0 bridgehead atoms. The molecule has 12 heteroatoms. The van der Waals surface area contributed by atoms with E-state index in [0.717, 1.165) is 92.1 Å². The van der Waals surface area contributed by atoms with Gasteiger partial charge in [0.2, 0.25) is 0 Å². The molecule has 10 nitrogen and oxygen atoms in total. The summed E-state index contributed by atoms with van der Waals surface area (Å²) in [6, 6.07) is 31.9. The first kappa shape index (κ1) is 49.0. The van der Waals surface area contributed by atoms with Gasteiger partial charge in [-0.1, -0.05) is 72.8 Å². The summed E-state index contributed by atoms with van der Waals surface area (Å²) in [5, 5.41) is 25.4. The van der Waals surface area contributed by atoms with E-state index < -0.39 is 28.8 Å². The Labute approximate surface area is 366 Å². The molecule has 0 fully saturated rings. The van der Waals surface area contributed by atoms with Crippen LogP contribution in [-0.4, -0.2) is 56.9 Å². The predicted molar refractivity (Wildman–Crippen MR) is 250 cm³/mol. The van der Waals surface area contributed by atoms with Gasteiger partial charge >= 0.3 is 12.2 Å². The van der Waals surface area contributed by atoms with E-state index in [9.17, 15) is 19.8 Å². The van der Waals surface area contributed by atoms with E-state index in [1.165, 1.54) is 0 Å². The van der Waals surface area contributed by atoms with Crippen LogP contribution in [-0.2, 0) is 34.5 Å². The molecular weight excluding hydrogens is 801 g/mol. The van der Waals surface area contributed by atoms with Crippen LogP contribution < -0.4 is 20.1 Å². The predicted octanol–water partition coefficient (Wildman–Crippen LogP) is 11.8. The molecule has 0 saturated carbocycles. The molecular formula is C49H70N2O8Si2. The van der Waals surface area contributed by atoms with E-state index in [2.05, 4.69) is 64.5 Å². The third-order valence-corrected chi connectivity index (χ3v) is 16.1. The molecule has 4 aromatic carbocycles. The van der Waals surface area contributed by atoms with Crippen molar-refractivity contribution in [1.29, 1.82) is 0 Å². The average molecular weight is 871 g/mol. The van der Waals surface area contributed by atoms with Crippen LogP contribution in [0.3, 0.4) is 0 Å². The fraction of sp³-hybridized carbons (Fsp3) is 0.469. The lowest BCUT2D eigenvalue weighted by atomic mass is 9.99. The van der Waals surface area contributed by atoms with Gasteiger partial charge in [-0.25, -0.2) is 9.59 Å². The maximum atomic E-state index is 12.8. The molecule has 4 N–H and O–H groups in total. The highest BCUT2D eigenvalue weighted by atomic mass is 28.4. The lowest BCUT2D eigenvalue weighted by Crippen LogP contribution is -2.41. The van der Waals surface area contributed by atoms with Crippen molar-refractivity contribution in [3.05, 3.63) is 119 Å². The number of aryl methyl sites for hydroxylation is 4. The molecule has 61 heavy (non-hydrogen) atoms. The number of carbonyl (C=O) groups excluding carboxylic acids is 2. The van der Waals surface area contributed by atoms with Crippen LogP contribution in [0, 0.1) is 0 Å². The van der Waals surface area contributed by atoms with Crippen molar-refractivity contribution < 1.29 is 38.1 Å². The number of aromatic hydroxyl groups is 2. The maximum Gasteiger partial charge on any atom is 0.414 e. The van der Waals surface area contributed by atoms with Gasteiger partial charge in [0.15, 0.2) is 16.6 Å². The SMILES string of the molecule is CC(C)(CCCc1ccccc1OC(=O)NCNC(=O)Oc1ccccc1CCC[Si](C)(C)OC(C)(C)CCCc1ccccc1O)O[Si](C)(C)CCCc1ccccc1O. The number of carbonyl (C=O) groups is 2. The summed E-state index contributed by atoms with van der Waals surface area (Å²) < 4.78 is 24.8. The summed E-state index contributed by atoms with van der Waals surface area (Å²) in [5.41, 5.74) is 3.20. The minimum Gasteiger partial charge on any atom is -0.508 e. The fourth-order valence-corrected chi connectivity index (χ4v) is 13.5. The molecule has 4 rings (SSSR count). The van der Waals surface area contributed by atoms with Gasteiger partial charge in [0.05, 0.1) is 17.9 Å². The highest BCUT2D eigenvalue weighted by molar-refractivity contribution is 6.71. The van der Waals surface area contributed by atoms with Gasteiger partial charge in [-0.2, -0.15) is 0 Å². The largest absolute Gasteiger partial charge is 0.508 e. The van der Waals surface area contributed by atoms with Gasteiger partial charge in [0, 0.05) is 0 Å². The van der Waals surface area contributed by atoms with E-state index in [1.54, 1.807) is 24.3 Å². The summed E-state index contributed by atoms with van der Waals surface area (Å²) in [7, 11) is -3.96. The summed E-state index contributed by atoms with van der Waals surface area (Å²) in [6.07, 6.45) is 7.08. The number of phenolic OH excluding ortho intramolecular Hbond substituents is 2. The second kappa shape index (κ2) is 23.0. The number of benzene rings is 4. The third kappa shape index (κ3) is 18.1. The van der Waals surface area contributed by atoms with E-state index in [-0.39, 0.29) is 17.9 Å². The molecule has 0 unspecified atom stereocenters. The van der Waals surface area contributed by atoms with Gasteiger partial charge in [-0.3, -0.25) is 0 Å². The van der Waals surface area contributed by atoms with Crippen molar-refractivity contribution in [3.8, 4) is 23.0 Å². The molecule has 0 saturated heterocycles. The Bertz CT molecular complexity index is 1860. The number of hydrogen-bond donors (Lipinski definition) is 4. The molecule has 0 atom stereocenters. The highest BCUT2D eigenvalue weighted by Gasteiger charge is 2.32. The van der Waals surface area contributed by atoms with Gasteiger partial charge < -0.3 is 39.2 Å². The summed E-state index contributed by atoms with van der Waals surface area (Å²) in [6.45, 7) is 17.4. The molecule has 0 spiro atoms. The maximum absolute atomic E-state index is 12.8. The van der Waals surface area contributed by atoms with Crippen molar-refractivity contribution in [1.82, 2.24) is 10.6 Å². The average Bonchev–Trinajstić information content (AvgIpc) is 3.16. The molecule has 4 aromatic rings. The quantitative estimate of drug-likeness (QED) is 0.0404. The molecule has 0 aliphatic rings. The van der Waals surface area contributed by atoms with Gasteiger partial charge in [-0.05, 0) is 177 Å². The van der Waals surface area contributed by atoms with Crippen molar-refractivity contribution in [3.63, 3.8) is 0 Å². The summed E-state index contributed by atoms with van der Waals surface area (Å²) >= 11 is 0. The monoisotopic (exact) mass is 870 g/mol. The van der Waals surface area contributed by atoms with Gasteiger partial charge in [0.25, 0.3) is 0 Å². The first-order chi connectivity index (χ1) is 28.8. The van der Waals surface area contributed by atoms with Gasteiger partial charge in [-0.15, -0.1) is 0 Å². The third-order valence-electron chi connectivity index (χ3n) is 10.8. The van der Waals surface area contributed by atoms with Crippen molar-refractivity contribution >= 4 is 28.8 Å². The first-order valence-electron chi connectivity index (χ1n) is 21.8. The Balaban J connectivity index is 1.15. The smallest absolute Gasteiger partial charge is 0.414 e. The first-order valence-corrected chi connectivity index (χ1v) is 28.1. The number of hydrogen-bond acceptors (Lipinski definition) is 8. The van der Waals surface area contributed by atoms with Crippen molar-refractivity contribution in [2.24, 2.45) is 0 Å². The van der Waals surface area contributed by atoms with E-state index >= 15 is 0 Å². The van der Waals surface area contributed by atoms with Crippen molar-refractivity contribution in [2.75, 3.05) is 6.67 Å². The standard InChI is InChI=1S/C49H70N2O8Si2/c1-48(2,33-17-25-38-21-9-13-29-42(38)52)58-61(7,8)36-20-28-41-24-12-16-32-45(41)57-47(55)51-37-50-46(54)56-44-31-15-11-23-40(44)26-18-34-49(3,4)59-60(5,6)35-19-27-39-22-10-14-30-43(39)53/h9-16,21-24,29-32,52-53H,17-20,25-28,33-37H2,1-8H3,(H,50,54)(H,51,55). The zero-order valence-corrected chi connectivity index (χ0v) is 39.8. The lowest BCUT2D eigenvalue weighted by molar-refractivity contribution is 0.0861. The number of ether oxygens (including phenoxy) is 2. The Kier molecular flexibility index (Phi) is 18.5. The van der Waals surface area contributed by atoms with Crippen LogP contribution >= 0.6 is 0 Å². The molecule has 0 aliphatic heterocycles. The Morgan fingerprint density at radius 1 is 0.508 bits per heavy atom. The summed E-state index contributed by atoms with van der Waals surface area (Å²) in [4.78, 5) is 25.6. The second-order valence-electron chi connectivity index (χ2n) is 18.4. The number of para-hydroxylation sites is 4. The van der Waals surface area contributed by atoms with Crippen molar-refractivity contribution in [2.45, 2.75) is 141 Å². The van der Waals surface area contributed by atoms with Crippen LogP contribution in [0.1, 0.15) is 88.5 Å². The Morgan fingerprint density at radius 3 is 1.25 bits per heavy atom. The molecule has 0 radical (unpaired) electrons. The minimum absolute atomic E-state index is 0.168. The number of phenols is 2. The second-order valence-corrected chi connectivity index (χ2v) is 26.9. The normalized spacial score (nSPS) is 12.2. The Hall–Kier alpha value is -4.63. The van der Waals surface area contributed by atoms with E-state index in [4.69, 9.17) is 18.3 Å². The molecule has 332 valence electrons. The number of amides is 2. The minimum atomic E-state index is -2.01. The van der Waals surface area contributed by atoms with Gasteiger partial charge in [0.1, 0.15) is 23.0 Å². The van der Waals surface area contributed by atoms with Crippen LogP contribution in [0.5, 0.6) is 23.0 Å². The van der Waals surface area contributed by atoms with E-state index in [1.807, 2.05) is 72.8 Å². The summed E-state index contributed by atoms with van der Waals surface area (Å²) in [5.74, 6) is 1.64. The van der Waals surface area contributed by atoms with E-state index in [0.29, 0.717) is 29.4 Å². The number of rotatable bonds is 24. The van der Waals surface area contributed by atoms with Crippen LogP contribution in [0.25, 0.3) is 0 Å². The molecule has 2 amide bonds. The molecule has 0 heterocycles. The fourth-order valence-electron chi connectivity index (χ4n) is 8.04. The van der Waals surface area contributed by atoms with Crippen LogP contribution in [0.2, 0.25) is 38.3 Å². The van der Waals surface area contributed by atoms with Crippen LogP contribution in [0.4, 0.5) is 9.59 Å². The number of nitrogens with one attached hydrogen (secondary N) is 2. The lowest BCUT2D eigenvalue weighted by Gasteiger charge is -2.35. The highest BCUT2D eigenvalue weighted by Crippen LogP contribution is 2.31. The zero-order chi connectivity index (χ0) is 44.5.